The maximum Gasteiger partial charge on any atom is 0.410 e. The van der Waals surface area contributed by atoms with Crippen LogP contribution in [0.3, 0.4) is 0 Å². The van der Waals surface area contributed by atoms with Crippen LogP contribution in [0.15, 0.2) is 30.3 Å². The number of alkyl halides is 3. The lowest BCUT2D eigenvalue weighted by atomic mass is 9.96. The zero-order chi connectivity index (χ0) is 16.8. The molecule has 2 N–H and O–H groups in total. The van der Waals surface area contributed by atoms with Gasteiger partial charge in [-0.25, -0.2) is 9.48 Å². The Kier molecular flexibility index (Phi) is 3.54. The Bertz CT molecular complexity index is 737. The Hall–Kier alpha value is -2.51. The van der Waals surface area contributed by atoms with Gasteiger partial charge in [0, 0.05) is 12.5 Å². The molecule has 3 rings (SSSR count). The summed E-state index contributed by atoms with van der Waals surface area (Å²) in [7, 11) is 0. The zero-order valence-corrected chi connectivity index (χ0v) is 12.1. The van der Waals surface area contributed by atoms with E-state index < -0.39 is 29.9 Å². The van der Waals surface area contributed by atoms with Crippen LogP contribution in [0.4, 0.5) is 19.0 Å². The van der Waals surface area contributed by atoms with Crippen molar-refractivity contribution in [1.29, 1.82) is 0 Å². The van der Waals surface area contributed by atoms with Gasteiger partial charge in [0.2, 0.25) is 0 Å². The first kappa shape index (κ1) is 15.4. The molecule has 0 aliphatic carbocycles. The molecule has 1 aliphatic heterocycles. The number of nitrogens with one attached hydrogen (secondary N) is 1. The summed E-state index contributed by atoms with van der Waals surface area (Å²) in [5.74, 6) is -1.30. The van der Waals surface area contributed by atoms with Gasteiger partial charge < -0.3 is 10.4 Å². The van der Waals surface area contributed by atoms with Crippen molar-refractivity contribution in [3.05, 3.63) is 47.2 Å². The molecular weight excluding hydrogens is 311 g/mol. The number of fused-ring (bicyclic) bond motifs is 1. The highest BCUT2D eigenvalue weighted by molar-refractivity contribution is 5.86. The lowest BCUT2D eigenvalue weighted by molar-refractivity contribution is -0.173. The van der Waals surface area contributed by atoms with Gasteiger partial charge in [-0.3, -0.25) is 0 Å². The van der Waals surface area contributed by atoms with Gasteiger partial charge in [0.05, 0.1) is 6.04 Å². The Balaban J connectivity index is 2.01. The van der Waals surface area contributed by atoms with Crippen LogP contribution in [0, 0.1) is 6.92 Å². The first-order valence-corrected chi connectivity index (χ1v) is 6.98. The number of aromatic carboxylic acids is 1. The van der Waals surface area contributed by atoms with Crippen molar-refractivity contribution in [2.24, 2.45) is 0 Å². The summed E-state index contributed by atoms with van der Waals surface area (Å²) in [6.07, 6.45) is -4.76. The molecule has 0 spiro atoms. The van der Waals surface area contributed by atoms with E-state index in [9.17, 15) is 18.0 Å². The van der Waals surface area contributed by atoms with Gasteiger partial charge >= 0.3 is 12.1 Å². The van der Waals surface area contributed by atoms with Crippen LogP contribution in [0.2, 0.25) is 0 Å². The molecule has 122 valence electrons. The van der Waals surface area contributed by atoms with Crippen molar-refractivity contribution < 1.29 is 23.1 Å². The van der Waals surface area contributed by atoms with Gasteiger partial charge in [-0.05, 0) is 12.5 Å². The van der Waals surface area contributed by atoms with Crippen LogP contribution < -0.4 is 5.32 Å². The van der Waals surface area contributed by atoms with Gasteiger partial charge in [0.25, 0.3) is 0 Å². The number of carboxylic acids is 1. The average molecular weight is 325 g/mol. The normalized spacial score (nSPS) is 20.7. The van der Waals surface area contributed by atoms with Crippen molar-refractivity contribution in [2.75, 3.05) is 5.32 Å². The fraction of sp³-hybridized carbons (Fsp3) is 0.333. The van der Waals surface area contributed by atoms with Crippen LogP contribution in [0.5, 0.6) is 0 Å². The van der Waals surface area contributed by atoms with E-state index in [0.29, 0.717) is 10.2 Å². The number of nitrogens with zero attached hydrogens (tertiary/aromatic N) is 2. The van der Waals surface area contributed by atoms with Crippen molar-refractivity contribution in [2.45, 2.75) is 31.6 Å². The SMILES string of the molecule is Cc1ccc([C@H]2C[C@H](C(F)(F)F)n3nc(C(=O)O)cc3N2)cc1. The zero-order valence-electron chi connectivity index (χ0n) is 12.1. The molecule has 0 saturated heterocycles. The molecule has 1 aromatic carbocycles. The molecule has 2 aromatic rings. The highest BCUT2D eigenvalue weighted by Crippen LogP contribution is 2.43. The molecule has 0 amide bonds. The van der Waals surface area contributed by atoms with E-state index in [1.807, 2.05) is 19.1 Å². The highest BCUT2D eigenvalue weighted by atomic mass is 19.4. The van der Waals surface area contributed by atoms with Crippen molar-refractivity contribution in [3.8, 4) is 0 Å². The van der Waals surface area contributed by atoms with Gasteiger partial charge in [-0.15, -0.1) is 0 Å². The average Bonchev–Trinajstić information content (AvgIpc) is 2.90. The lowest BCUT2D eigenvalue weighted by Crippen LogP contribution is -2.35. The first-order chi connectivity index (χ1) is 10.8. The fourth-order valence-electron chi connectivity index (χ4n) is 2.70. The summed E-state index contributed by atoms with van der Waals surface area (Å²) in [5.41, 5.74) is 1.32. The van der Waals surface area contributed by atoms with Crippen LogP contribution >= 0.6 is 0 Å². The number of hydrogen-bond acceptors (Lipinski definition) is 3. The monoisotopic (exact) mass is 325 g/mol. The highest BCUT2D eigenvalue weighted by Gasteiger charge is 2.46. The summed E-state index contributed by atoms with van der Waals surface area (Å²) in [6.45, 7) is 1.89. The van der Waals surface area contributed by atoms with Crippen LogP contribution in [-0.2, 0) is 0 Å². The molecule has 0 bridgehead atoms. The molecule has 0 unspecified atom stereocenters. The summed E-state index contributed by atoms with van der Waals surface area (Å²) in [4.78, 5) is 11.0. The third-order valence-electron chi connectivity index (χ3n) is 3.89. The quantitative estimate of drug-likeness (QED) is 0.886. The van der Waals surface area contributed by atoms with Crippen LogP contribution in [0.1, 0.15) is 40.1 Å². The van der Waals surface area contributed by atoms with E-state index in [0.717, 1.165) is 11.6 Å². The molecule has 2 heterocycles. The van der Waals surface area contributed by atoms with E-state index in [1.54, 1.807) is 12.1 Å². The molecular formula is C15H14F3N3O2. The summed E-state index contributed by atoms with van der Waals surface area (Å²) >= 11 is 0. The van der Waals surface area contributed by atoms with E-state index in [4.69, 9.17) is 5.11 Å². The second-order valence-corrected chi connectivity index (χ2v) is 5.57. The molecule has 2 atom stereocenters. The number of carboxylic acid groups (broad SMARTS) is 1. The second kappa shape index (κ2) is 5.29. The Labute approximate surface area is 129 Å². The number of anilines is 1. The molecule has 1 aromatic heterocycles. The predicted octanol–water partition coefficient (Wildman–Crippen LogP) is 3.55. The molecule has 1 aliphatic rings. The minimum Gasteiger partial charge on any atom is -0.476 e. The fourth-order valence-corrected chi connectivity index (χ4v) is 2.70. The van der Waals surface area contributed by atoms with Crippen molar-refractivity contribution in [3.63, 3.8) is 0 Å². The molecule has 8 heteroatoms. The van der Waals surface area contributed by atoms with E-state index in [1.165, 1.54) is 0 Å². The molecule has 5 nitrogen and oxygen atoms in total. The third kappa shape index (κ3) is 2.88. The Morgan fingerprint density at radius 3 is 2.57 bits per heavy atom. The topological polar surface area (TPSA) is 67.2 Å². The minimum absolute atomic E-state index is 0.0570. The van der Waals surface area contributed by atoms with Crippen molar-refractivity contribution >= 4 is 11.8 Å². The van der Waals surface area contributed by atoms with E-state index in [-0.39, 0.29) is 12.2 Å². The van der Waals surface area contributed by atoms with Crippen molar-refractivity contribution in [1.82, 2.24) is 9.78 Å². The standard InChI is InChI=1S/C15H14F3N3O2/c1-8-2-4-9(5-3-8)10-6-12(15(16,17)18)21-13(19-10)7-11(20-21)14(22)23/h2-5,7,10,12,19H,6H2,1H3,(H,22,23)/t10-,12-/m1/s1. The maximum atomic E-state index is 13.3. The first-order valence-electron chi connectivity index (χ1n) is 6.98. The molecule has 0 saturated carbocycles. The Morgan fingerprint density at radius 1 is 1.35 bits per heavy atom. The number of aryl methyl sites for hydroxylation is 1. The number of carbonyl (C=O) groups is 1. The molecule has 23 heavy (non-hydrogen) atoms. The van der Waals surface area contributed by atoms with Gasteiger partial charge in [0.1, 0.15) is 5.82 Å². The van der Waals surface area contributed by atoms with E-state index >= 15 is 0 Å². The number of aromatic nitrogens is 2. The molecule has 0 radical (unpaired) electrons. The second-order valence-electron chi connectivity index (χ2n) is 5.57. The van der Waals surface area contributed by atoms with Crippen LogP contribution in [0.25, 0.3) is 0 Å². The Morgan fingerprint density at radius 2 is 2.00 bits per heavy atom. The number of rotatable bonds is 2. The van der Waals surface area contributed by atoms with Gasteiger partial charge in [-0.1, -0.05) is 29.8 Å². The summed E-state index contributed by atoms with van der Waals surface area (Å²) in [5, 5.41) is 15.5. The summed E-state index contributed by atoms with van der Waals surface area (Å²) in [6, 6.07) is 5.89. The van der Waals surface area contributed by atoms with Gasteiger partial charge in [-0.2, -0.15) is 18.3 Å². The molecule has 0 fully saturated rings. The third-order valence-corrected chi connectivity index (χ3v) is 3.89. The lowest BCUT2D eigenvalue weighted by Gasteiger charge is -2.33. The van der Waals surface area contributed by atoms with Crippen LogP contribution in [-0.4, -0.2) is 27.0 Å². The minimum atomic E-state index is -4.51. The smallest absolute Gasteiger partial charge is 0.410 e. The van der Waals surface area contributed by atoms with E-state index in [2.05, 4.69) is 10.4 Å². The largest absolute Gasteiger partial charge is 0.476 e. The predicted molar refractivity (Wildman–Crippen MR) is 76.4 cm³/mol. The maximum absolute atomic E-state index is 13.3. The number of halogens is 3. The number of benzene rings is 1. The van der Waals surface area contributed by atoms with Gasteiger partial charge in [0.15, 0.2) is 11.7 Å². The number of hydrogen-bond donors (Lipinski definition) is 2. The summed E-state index contributed by atoms with van der Waals surface area (Å²) < 4.78 is 40.8.